The summed E-state index contributed by atoms with van der Waals surface area (Å²) in [6, 6.07) is 0.564. The normalized spacial score (nSPS) is 17.5. The molecule has 0 saturated carbocycles. The molecular formula is C20H42IN5O2. The summed E-state index contributed by atoms with van der Waals surface area (Å²) in [6.07, 6.45) is 4.07. The van der Waals surface area contributed by atoms with Crippen molar-refractivity contribution in [3.63, 3.8) is 0 Å². The third-order valence-electron chi connectivity index (χ3n) is 4.89. The first kappa shape index (κ1) is 27.2. The first-order valence-electron chi connectivity index (χ1n) is 10.3. The molecule has 0 aliphatic carbocycles. The van der Waals surface area contributed by atoms with Crippen LogP contribution in [0.1, 0.15) is 60.3 Å². The molecule has 1 aliphatic heterocycles. The lowest BCUT2D eigenvalue weighted by Crippen LogP contribution is -2.49. The van der Waals surface area contributed by atoms with Gasteiger partial charge in [-0.25, -0.2) is 4.79 Å². The molecule has 0 aromatic rings. The van der Waals surface area contributed by atoms with Crippen molar-refractivity contribution < 1.29 is 9.53 Å². The second-order valence-corrected chi connectivity index (χ2v) is 8.49. The van der Waals surface area contributed by atoms with Crippen molar-refractivity contribution in [1.29, 1.82) is 0 Å². The number of aliphatic imine (C=N–C) groups is 1. The summed E-state index contributed by atoms with van der Waals surface area (Å²) in [4.78, 5) is 20.7. The Hall–Kier alpha value is -0.770. The maximum atomic E-state index is 12.1. The second kappa shape index (κ2) is 13.5. The summed E-state index contributed by atoms with van der Waals surface area (Å²) < 4.78 is 5.42. The number of hydrogen-bond donors (Lipinski definition) is 2. The van der Waals surface area contributed by atoms with E-state index < -0.39 is 5.60 Å². The molecular weight excluding hydrogens is 469 g/mol. The van der Waals surface area contributed by atoms with Crippen LogP contribution in [0.3, 0.4) is 0 Å². The number of nitrogens with one attached hydrogen (secondary N) is 2. The average molecular weight is 511 g/mol. The van der Waals surface area contributed by atoms with E-state index in [1.807, 2.05) is 27.7 Å². The molecule has 0 spiro atoms. The van der Waals surface area contributed by atoms with Gasteiger partial charge in [0.05, 0.1) is 0 Å². The Labute approximate surface area is 189 Å². The summed E-state index contributed by atoms with van der Waals surface area (Å²) in [5.41, 5.74) is -0.470. The number of halogens is 1. The van der Waals surface area contributed by atoms with Gasteiger partial charge < -0.3 is 25.2 Å². The summed E-state index contributed by atoms with van der Waals surface area (Å²) in [7, 11) is 3.59. The van der Waals surface area contributed by atoms with E-state index in [0.717, 1.165) is 44.9 Å². The molecule has 1 heterocycles. The number of nitrogens with zero attached hydrogens (tertiary/aromatic N) is 3. The Balaban J connectivity index is 0.00000729. The lowest BCUT2D eigenvalue weighted by atomic mass is 10.1. The van der Waals surface area contributed by atoms with Gasteiger partial charge in [-0.2, -0.15) is 0 Å². The van der Waals surface area contributed by atoms with E-state index >= 15 is 0 Å². The minimum Gasteiger partial charge on any atom is -0.444 e. The zero-order valence-corrected chi connectivity index (χ0v) is 21.2. The molecule has 28 heavy (non-hydrogen) atoms. The summed E-state index contributed by atoms with van der Waals surface area (Å²) in [5.74, 6) is 0.844. The van der Waals surface area contributed by atoms with E-state index in [9.17, 15) is 4.79 Å². The Morgan fingerprint density at radius 1 is 1.32 bits per heavy atom. The summed E-state index contributed by atoms with van der Waals surface area (Å²) >= 11 is 0. The topological polar surface area (TPSA) is 69.2 Å². The molecule has 8 heteroatoms. The van der Waals surface area contributed by atoms with Gasteiger partial charge in [0.25, 0.3) is 0 Å². The fourth-order valence-corrected chi connectivity index (χ4v) is 3.11. The van der Waals surface area contributed by atoms with E-state index in [1.54, 1.807) is 19.0 Å². The van der Waals surface area contributed by atoms with Crippen molar-refractivity contribution in [2.24, 2.45) is 4.99 Å². The highest BCUT2D eigenvalue weighted by molar-refractivity contribution is 14.0. The third-order valence-corrected chi connectivity index (χ3v) is 4.89. The van der Waals surface area contributed by atoms with Crippen molar-refractivity contribution in [3.05, 3.63) is 0 Å². The van der Waals surface area contributed by atoms with Crippen LogP contribution in [0.25, 0.3) is 0 Å². The number of carbonyl (C=O) groups is 1. The van der Waals surface area contributed by atoms with Gasteiger partial charge in [-0.3, -0.25) is 4.99 Å². The van der Waals surface area contributed by atoms with Gasteiger partial charge >= 0.3 is 6.09 Å². The molecule has 0 aromatic heterocycles. The number of guanidine groups is 1. The molecule has 166 valence electrons. The highest BCUT2D eigenvalue weighted by atomic mass is 127. The van der Waals surface area contributed by atoms with E-state index in [-0.39, 0.29) is 36.1 Å². The van der Waals surface area contributed by atoms with Crippen molar-refractivity contribution in [1.82, 2.24) is 20.4 Å². The summed E-state index contributed by atoms with van der Waals surface area (Å²) in [5, 5.41) is 6.90. The van der Waals surface area contributed by atoms with Gasteiger partial charge in [-0.1, -0.05) is 6.92 Å². The van der Waals surface area contributed by atoms with Gasteiger partial charge in [0.15, 0.2) is 5.96 Å². The number of amides is 1. The molecule has 1 unspecified atom stereocenters. The number of hydrogen-bond acceptors (Lipinski definition) is 4. The minimum atomic E-state index is -0.470. The molecule has 0 radical (unpaired) electrons. The van der Waals surface area contributed by atoms with Crippen LogP contribution in [0.4, 0.5) is 4.79 Å². The Morgan fingerprint density at radius 3 is 2.43 bits per heavy atom. The van der Waals surface area contributed by atoms with Crippen LogP contribution < -0.4 is 10.6 Å². The summed E-state index contributed by atoms with van der Waals surface area (Å²) in [6.45, 7) is 14.2. The van der Waals surface area contributed by atoms with Crippen LogP contribution in [0, 0.1) is 0 Å². The van der Waals surface area contributed by atoms with E-state index in [0.29, 0.717) is 6.04 Å². The van der Waals surface area contributed by atoms with Crippen LogP contribution >= 0.6 is 24.0 Å². The maximum absolute atomic E-state index is 12.1. The molecule has 0 aromatic carbocycles. The Morgan fingerprint density at radius 2 is 1.93 bits per heavy atom. The largest absolute Gasteiger partial charge is 0.444 e. The van der Waals surface area contributed by atoms with Crippen molar-refractivity contribution in [2.75, 3.05) is 40.3 Å². The molecule has 1 aliphatic rings. The highest BCUT2D eigenvalue weighted by Crippen LogP contribution is 2.12. The molecule has 1 rings (SSSR count). The van der Waals surface area contributed by atoms with E-state index in [2.05, 4.69) is 27.4 Å². The Kier molecular flexibility index (Phi) is 13.1. The standard InChI is InChI=1S/C20H41N5O2.HI/c1-8-13-25-14-10-17(11-15-25)23-18(21-6)22-12-9-16(2)24(7)19(26)27-20(3,4)5;/h16-17H,8-15H2,1-7H3,(H2,21,22,23);1H. The van der Waals surface area contributed by atoms with Crippen molar-refractivity contribution in [3.8, 4) is 0 Å². The third kappa shape index (κ3) is 10.7. The van der Waals surface area contributed by atoms with Crippen LogP contribution in [-0.2, 0) is 4.74 Å². The van der Waals surface area contributed by atoms with E-state index in [1.165, 1.54) is 13.0 Å². The quantitative estimate of drug-likeness (QED) is 0.312. The molecule has 1 saturated heterocycles. The number of ether oxygens (including phenoxy) is 1. The molecule has 7 nitrogen and oxygen atoms in total. The van der Waals surface area contributed by atoms with Gasteiger partial charge in [0, 0.05) is 45.8 Å². The molecule has 0 bridgehead atoms. The smallest absolute Gasteiger partial charge is 0.410 e. The molecule has 1 amide bonds. The SMILES string of the molecule is CCCN1CCC(NC(=NC)NCCC(C)N(C)C(=O)OC(C)(C)C)CC1.I. The minimum absolute atomic E-state index is 0. The van der Waals surface area contributed by atoms with Crippen molar-refractivity contribution >= 4 is 36.0 Å². The fraction of sp³-hybridized carbons (Fsp3) is 0.900. The van der Waals surface area contributed by atoms with Gasteiger partial charge in [0.1, 0.15) is 5.60 Å². The predicted octanol–water partition coefficient (Wildman–Crippen LogP) is 3.29. The number of piperidine rings is 1. The first-order valence-corrected chi connectivity index (χ1v) is 10.3. The zero-order chi connectivity index (χ0) is 20.4. The van der Waals surface area contributed by atoms with Crippen LogP contribution in [0.2, 0.25) is 0 Å². The fourth-order valence-electron chi connectivity index (χ4n) is 3.11. The number of likely N-dealkylation sites (tertiary alicyclic amines) is 1. The van der Waals surface area contributed by atoms with Gasteiger partial charge in [-0.05, 0) is 59.9 Å². The second-order valence-electron chi connectivity index (χ2n) is 8.49. The average Bonchev–Trinajstić information content (AvgIpc) is 2.60. The number of rotatable bonds is 7. The first-order chi connectivity index (χ1) is 12.7. The lowest BCUT2D eigenvalue weighted by Gasteiger charge is -2.33. The molecule has 1 fully saturated rings. The van der Waals surface area contributed by atoms with Gasteiger partial charge in [-0.15, -0.1) is 24.0 Å². The van der Waals surface area contributed by atoms with E-state index in [4.69, 9.17) is 4.74 Å². The van der Waals surface area contributed by atoms with Crippen molar-refractivity contribution in [2.45, 2.75) is 78.0 Å². The Bertz CT molecular complexity index is 474. The monoisotopic (exact) mass is 511 g/mol. The predicted molar refractivity (Wildman–Crippen MR) is 128 cm³/mol. The molecule has 1 atom stereocenters. The maximum Gasteiger partial charge on any atom is 0.410 e. The molecule has 2 N–H and O–H groups in total. The van der Waals surface area contributed by atoms with Crippen LogP contribution in [0.5, 0.6) is 0 Å². The van der Waals surface area contributed by atoms with Gasteiger partial charge in [0.2, 0.25) is 0 Å². The van der Waals surface area contributed by atoms with Crippen LogP contribution in [-0.4, -0.2) is 79.8 Å². The van der Waals surface area contributed by atoms with Crippen LogP contribution in [0.15, 0.2) is 4.99 Å². The number of carbonyl (C=O) groups excluding carboxylic acids is 1. The zero-order valence-electron chi connectivity index (χ0n) is 18.9. The lowest BCUT2D eigenvalue weighted by molar-refractivity contribution is 0.0230. The highest BCUT2D eigenvalue weighted by Gasteiger charge is 2.23.